The lowest BCUT2D eigenvalue weighted by molar-refractivity contribution is 0.524. The van der Waals surface area contributed by atoms with Gasteiger partial charge in [-0.2, -0.15) is 4.89 Å². The molecule has 0 saturated carbocycles. The van der Waals surface area contributed by atoms with Crippen molar-refractivity contribution in [2.75, 3.05) is 0 Å². The first-order valence-corrected chi connectivity index (χ1v) is 5.35. The van der Waals surface area contributed by atoms with Gasteiger partial charge >= 0.3 is 8.69 Å². The molecule has 0 heterocycles. The molecular formula is C12H18N2O2P+. The Hall–Kier alpha value is -1.58. The van der Waals surface area contributed by atoms with Gasteiger partial charge in [0.25, 0.3) is 0 Å². The van der Waals surface area contributed by atoms with Crippen molar-refractivity contribution in [2.24, 2.45) is 0 Å². The van der Waals surface area contributed by atoms with E-state index in [-0.39, 0.29) is 12.3 Å². The lowest BCUT2D eigenvalue weighted by atomic mass is 10.1. The van der Waals surface area contributed by atoms with Gasteiger partial charge in [-0.15, -0.1) is 0 Å². The van der Waals surface area contributed by atoms with E-state index in [1.165, 1.54) is 11.1 Å². The Balaban J connectivity index is 0. The first-order valence-electron chi connectivity index (χ1n) is 4.50. The average molecular weight is 253 g/mol. The van der Waals surface area contributed by atoms with Crippen LogP contribution < -0.4 is 12.3 Å². The highest BCUT2D eigenvalue weighted by molar-refractivity contribution is 7.16. The summed E-state index contributed by atoms with van der Waals surface area (Å²) in [5.74, 6) is 0. The monoisotopic (exact) mass is 253 g/mol. The molecule has 0 aliphatic rings. The second-order valence-corrected chi connectivity index (χ2v) is 3.01. The van der Waals surface area contributed by atoms with E-state index in [0.29, 0.717) is 0 Å². The number of rotatable bonds is 1. The van der Waals surface area contributed by atoms with Gasteiger partial charge in [0.1, 0.15) is 0 Å². The summed E-state index contributed by atoms with van der Waals surface area (Å²) in [5.41, 5.74) is 2.55. The minimum Gasteiger partial charge on any atom is -0.344 e. The van der Waals surface area contributed by atoms with E-state index in [0.717, 1.165) is 0 Å². The Bertz CT molecular complexity index is 358. The molecular weight excluding hydrogens is 235 g/mol. The van der Waals surface area contributed by atoms with E-state index in [4.69, 9.17) is 9.46 Å². The maximum absolute atomic E-state index is 8.51. The molecule has 2 rings (SSSR count). The van der Waals surface area contributed by atoms with Crippen LogP contribution in [0.2, 0.25) is 0 Å². The Morgan fingerprint density at radius 2 is 0.941 bits per heavy atom. The smallest absolute Gasteiger partial charge is 0.344 e. The second kappa shape index (κ2) is 10.9. The Morgan fingerprint density at radius 1 is 0.706 bits per heavy atom. The van der Waals surface area contributed by atoms with Crippen molar-refractivity contribution < 1.29 is 9.46 Å². The summed E-state index contributed by atoms with van der Waals surface area (Å²) in [6, 6.07) is 20.8. The molecule has 17 heavy (non-hydrogen) atoms. The van der Waals surface area contributed by atoms with Gasteiger partial charge in [0, 0.05) is 0 Å². The van der Waals surface area contributed by atoms with Crippen molar-refractivity contribution in [1.29, 1.82) is 0 Å². The fourth-order valence-corrected chi connectivity index (χ4v) is 1.26. The van der Waals surface area contributed by atoms with E-state index in [1.54, 1.807) is 0 Å². The van der Waals surface area contributed by atoms with Crippen molar-refractivity contribution in [3.8, 4) is 11.1 Å². The van der Waals surface area contributed by atoms with Crippen LogP contribution >= 0.6 is 8.69 Å². The normalized spacial score (nSPS) is 8.06. The fraction of sp³-hybridized carbons (Fsp3) is 0. The summed E-state index contributed by atoms with van der Waals surface area (Å²) in [6.07, 6.45) is 0. The standard InChI is InChI=1S/C12H10.2H3N.HO2P/c1-3-7-11(8-4-1)12-9-5-2-6-10-12;;;1-3-2/h1-10H;2*1H3;3H/p+1. The van der Waals surface area contributed by atoms with Gasteiger partial charge in [-0.3, -0.25) is 0 Å². The summed E-state index contributed by atoms with van der Waals surface area (Å²) in [4.78, 5) is 7.04. The highest BCUT2D eigenvalue weighted by atomic mass is 31.1. The number of benzene rings is 2. The summed E-state index contributed by atoms with van der Waals surface area (Å²) in [6.45, 7) is 0. The summed E-state index contributed by atoms with van der Waals surface area (Å²) in [7, 11) is -1.17. The van der Waals surface area contributed by atoms with E-state index in [9.17, 15) is 0 Å². The minimum atomic E-state index is -1.17. The second-order valence-electron chi connectivity index (χ2n) is 2.82. The lowest BCUT2D eigenvalue weighted by Crippen LogP contribution is -1.73. The highest BCUT2D eigenvalue weighted by Crippen LogP contribution is 2.17. The van der Waals surface area contributed by atoms with Crippen LogP contribution in [0.1, 0.15) is 0 Å². The molecule has 0 radical (unpaired) electrons. The zero-order chi connectivity index (χ0) is 10.9. The quantitative estimate of drug-likeness (QED) is 0.675. The molecule has 4 nitrogen and oxygen atoms in total. The molecule has 7 N–H and O–H groups in total. The molecule has 0 spiro atoms. The average Bonchev–Trinajstić information content (AvgIpc) is 2.32. The van der Waals surface area contributed by atoms with Gasteiger partial charge in [0.15, 0.2) is 0 Å². The van der Waals surface area contributed by atoms with Crippen LogP contribution in [0.15, 0.2) is 60.7 Å². The van der Waals surface area contributed by atoms with Crippen LogP contribution in [0.4, 0.5) is 0 Å². The molecule has 0 bridgehead atoms. The summed E-state index contributed by atoms with van der Waals surface area (Å²) < 4.78 is 8.51. The summed E-state index contributed by atoms with van der Waals surface area (Å²) >= 11 is 0. The molecule has 1 atom stereocenters. The van der Waals surface area contributed by atoms with E-state index >= 15 is 0 Å². The molecule has 2 aromatic rings. The fourth-order valence-electron chi connectivity index (χ4n) is 1.26. The van der Waals surface area contributed by atoms with Gasteiger partial charge in [0.05, 0.1) is 0 Å². The predicted octanol–water partition coefficient (Wildman–Crippen LogP) is 3.60. The van der Waals surface area contributed by atoms with Gasteiger partial charge in [-0.05, 0) is 15.7 Å². The maximum atomic E-state index is 8.51. The predicted molar refractivity (Wildman–Crippen MR) is 73.1 cm³/mol. The van der Waals surface area contributed by atoms with Crippen LogP contribution in [0, 0.1) is 0 Å². The van der Waals surface area contributed by atoms with Crippen molar-refractivity contribution in [3.63, 3.8) is 0 Å². The Morgan fingerprint density at radius 3 is 1.18 bits per heavy atom. The molecule has 0 saturated heterocycles. The van der Waals surface area contributed by atoms with Gasteiger partial charge in [0.2, 0.25) is 0 Å². The van der Waals surface area contributed by atoms with Crippen LogP contribution in [0.25, 0.3) is 11.1 Å². The third kappa shape index (κ3) is 6.56. The van der Waals surface area contributed by atoms with Gasteiger partial charge < -0.3 is 12.3 Å². The highest BCUT2D eigenvalue weighted by Gasteiger charge is 1.91. The maximum Gasteiger partial charge on any atom is 0.491 e. The molecule has 0 fully saturated rings. The SMILES string of the molecule is N.N.O=[PH+]O.c1ccc(-c2ccccc2)cc1. The largest absolute Gasteiger partial charge is 0.491 e. The number of hydrogen-bond donors (Lipinski definition) is 3. The third-order valence-corrected chi connectivity index (χ3v) is 1.88. The van der Waals surface area contributed by atoms with Gasteiger partial charge in [-0.25, -0.2) is 0 Å². The van der Waals surface area contributed by atoms with Crippen LogP contribution in [-0.2, 0) is 4.57 Å². The molecule has 5 heteroatoms. The molecule has 2 aromatic carbocycles. The van der Waals surface area contributed by atoms with Crippen LogP contribution in [-0.4, -0.2) is 4.89 Å². The molecule has 0 amide bonds. The molecule has 1 unspecified atom stereocenters. The van der Waals surface area contributed by atoms with E-state index < -0.39 is 8.69 Å². The third-order valence-electron chi connectivity index (χ3n) is 1.88. The lowest BCUT2D eigenvalue weighted by Gasteiger charge is -1.98. The van der Waals surface area contributed by atoms with E-state index in [2.05, 4.69) is 48.5 Å². The molecule has 92 valence electrons. The van der Waals surface area contributed by atoms with Crippen LogP contribution in [0.5, 0.6) is 0 Å². The molecule has 0 aliphatic carbocycles. The number of hydrogen-bond acceptors (Lipinski definition) is 3. The topological polar surface area (TPSA) is 107 Å². The molecule has 0 aliphatic heterocycles. The van der Waals surface area contributed by atoms with Crippen LogP contribution in [0.3, 0.4) is 0 Å². The Kier molecular flexibility index (Phi) is 11.4. The van der Waals surface area contributed by atoms with Crippen molar-refractivity contribution in [2.45, 2.75) is 0 Å². The zero-order valence-corrected chi connectivity index (χ0v) is 10.5. The van der Waals surface area contributed by atoms with E-state index in [1.807, 2.05) is 12.1 Å². The van der Waals surface area contributed by atoms with Crippen molar-refractivity contribution in [1.82, 2.24) is 12.3 Å². The zero-order valence-electron chi connectivity index (χ0n) is 9.54. The van der Waals surface area contributed by atoms with Gasteiger partial charge in [-0.1, -0.05) is 60.7 Å². The Labute approximate surface area is 103 Å². The minimum absolute atomic E-state index is 0. The first kappa shape index (κ1) is 17.8. The van der Waals surface area contributed by atoms with Crippen molar-refractivity contribution in [3.05, 3.63) is 60.7 Å². The summed E-state index contributed by atoms with van der Waals surface area (Å²) in [5, 5.41) is 0. The first-order chi connectivity index (χ1) is 7.38. The van der Waals surface area contributed by atoms with Crippen molar-refractivity contribution >= 4 is 8.69 Å². The molecule has 0 aromatic heterocycles.